The minimum absolute atomic E-state index is 0.124. The smallest absolute Gasteiger partial charge is 0.286 e. The fraction of sp³-hybridized carbons (Fsp3) is 0.333. The standard InChI is InChI=1S/C24H28N4O3S/c1-15(2)9-10-25-22(29)18-5-7-19(8-6-18)26-23(30)24-28-27-21(32-24)14-31-20-12-16(3)11-17(4)13-20/h5-8,11-13,15H,9-10,14H2,1-4H3,(H,25,29)(H,26,30). The van der Waals surface area contributed by atoms with Crippen molar-refractivity contribution in [2.75, 3.05) is 11.9 Å². The highest BCUT2D eigenvalue weighted by atomic mass is 32.1. The minimum atomic E-state index is -0.353. The largest absolute Gasteiger partial charge is 0.486 e. The highest BCUT2D eigenvalue weighted by Gasteiger charge is 2.14. The molecule has 0 spiro atoms. The lowest BCUT2D eigenvalue weighted by Crippen LogP contribution is -2.25. The zero-order valence-electron chi connectivity index (χ0n) is 18.8. The van der Waals surface area contributed by atoms with Crippen molar-refractivity contribution in [3.63, 3.8) is 0 Å². The summed E-state index contributed by atoms with van der Waals surface area (Å²) in [4.78, 5) is 24.6. The van der Waals surface area contributed by atoms with E-state index in [1.807, 2.05) is 26.0 Å². The second-order valence-corrected chi connectivity index (χ2v) is 9.15. The Morgan fingerprint density at radius 1 is 1.00 bits per heavy atom. The molecule has 0 bridgehead atoms. The third-order valence-electron chi connectivity index (χ3n) is 4.63. The molecule has 2 aromatic carbocycles. The number of aromatic nitrogens is 2. The van der Waals surface area contributed by atoms with Crippen molar-refractivity contribution in [3.8, 4) is 5.75 Å². The van der Waals surface area contributed by atoms with Crippen LogP contribution in [0.3, 0.4) is 0 Å². The molecule has 0 aliphatic heterocycles. The van der Waals surface area contributed by atoms with E-state index >= 15 is 0 Å². The van der Waals surface area contributed by atoms with Crippen LogP contribution in [-0.2, 0) is 6.61 Å². The highest BCUT2D eigenvalue weighted by molar-refractivity contribution is 7.13. The Balaban J connectivity index is 1.52. The van der Waals surface area contributed by atoms with Gasteiger partial charge in [0.05, 0.1) is 0 Å². The van der Waals surface area contributed by atoms with Crippen molar-refractivity contribution in [1.29, 1.82) is 0 Å². The summed E-state index contributed by atoms with van der Waals surface area (Å²) in [7, 11) is 0. The van der Waals surface area contributed by atoms with Crippen LogP contribution in [0.15, 0.2) is 42.5 Å². The number of nitrogens with one attached hydrogen (secondary N) is 2. The van der Waals surface area contributed by atoms with E-state index < -0.39 is 0 Å². The molecule has 32 heavy (non-hydrogen) atoms. The maximum atomic E-state index is 12.5. The van der Waals surface area contributed by atoms with Gasteiger partial charge in [-0.05, 0) is 73.7 Å². The average molecular weight is 453 g/mol. The monoisotopic (exact) mass is 452 g/mol. The summed E-state index contributed by atoms with van der Waals surface area (Å²) >= 11 is 1.18. The number of hydrogen-bond donors (Lipinski definition) is 2. The van der Waals surface area contributed by atoms with Crippen LogP contribution in [0.5, 0.6) is 5.75 Å². The van der Waals surface area contributed by atoms with Gasteiger partial charge >= 0.3 is 0 Å². The summed E-state index contributed by atoms with van der Waals surface area (Å²) < 4.78 is 5.78. The molecule has 0 fully saturated rings. The van der Waals surface area contributed by atoms with Crippen LogP contribution in [0.4, 0.5) is 5.69 Å². The molecule has 7 nitrogen and oxygen atoms in total. The Hall–Kier alpha value is -3.26. The number of hydrogen-bond acceptors (Lipinski definition) is 6. The van der Waals surface area contributed by atoms with E-state index in [1.165, 1.54) is 11.3 Å². The molecule has 0 aliphatic carbocycles. The molecule has 0 radical (unpaired) electrons. The van der Waals surface area contributed by atoms with Crippen LogP contribution < -0.4 is 15.4 Å². The van der Waals surface area contributed by atoms with Gasteiger partial charge in [-0.3, -0.25) is 9.59 Å². The maximum absolute atomic E-state index is 12.5. The van der Waals surface area contributed by atoms with Gasteiger partial charge in [0.25, 0.3) is 11.8 Å². The van der Waals surface area contributed by atoms with Crippen LogP contribution in [0.25, 0.3) is 0 Å². The van der Waals surface area contributed by atoms with Gasteiger partial charge in [-0.1, -0.05) is 31.3 Å². The molecule has 2 N–H and O–H groups in total. The Bertz CT molecular complexity index is 1060. The summed E-state index contributed by atoms with van der Waals surface area (Å²) in [5.74, 6) is 0.819. The van der Waals surface area contributed by atoms with Gasteiger partial charge in [-0.25, -0.2) is 0 Å². The zero-order valence-corrected chi connectivity index (χ0v) is 19.6. The summed E-state index contributed by atoms with van der Waals surface area (Å²) in [5.41, 5.74) is 3.37. The minimum Gasteiger partial charge on any atom is -0.486 e. The quantitative estimate of drug-likeness (QED) is 0.488. The van der Waals surface area contributed by atoms with E-state index in [0.29, 0.717) is 28.7 Å². The Kier molecular flexibility index (Phi) is 7.94. The molecule has 0 unspecified atom stereocenters. The predicted octanol–water partition coefficient (Wildman–Crippen LogP) is 4.76. The number of amides is 2. The van der Waals surface area contributed by atoms with Gasteiger partial charge < -0.3 is 15.4 Å². The SMILES string of the molecule is Cc1cc(C)cc(OCc2nnc(C(=O)Nc3ccc(C(=O)NCCC(C)C)cc3)s2)c1. The van der Waals surface area contributed by atoms with Crippen LogP contribution in [0.2, 0.25) is 0 Å². The van der Waals surface area contributed by atoms with Gasteiger partial charge in [-0.2, -0.15) is 0 Å². The normalized spacial score (nSPS) is 10.8. The maximum Gasteiger partial charge on any atom is 0.286 e. The van der Waals surface area contributed by atoms with Crippen molar-refractivity contribution in [1.82, 2.24) is 15.5 Å². The molecule has 2 amide bonds. The third kappa shape index (κ3) is 6.88. The topological polar surface area (TPSA) is 93.2 Å². The third-order valence-corrected chi connectivity index (χ3v) is 5.53. The number of anilines is 1. The van der Waals surface area contributed by atoms with Crippen LogP contribution in [0, 0.1) is 19.8 Å². The molecule has 0 saturated carbocycles. The number of rotatable bonds is 9. The molecular weight excluding hydrogens is 424 g/mol. The lowest BCUT2D eigenvalue weighted by atomic mass is 10.1. The lowest BCUT2D eigenvalue weighted by Gasteiger charge is -2.08. The average Bonchev–Trinajstić information content (AvgIpc) is 3.21. The fourth-order valence-corrected chi connectivity index (χ4v) is 3.68. The van der Waals surface area contributed by atoms with Gasteiger partial charge in [0.1, 0.15) is 12.4 Å². The number of aryl methyl sites for hydroxylation is 2. The van der Waals surface area contributed by atoms with Crippen LogP contribution in [-0.4, -0.2) is 28.6 Å². The summed E-state index contributed by atoms with van der Waals surface area (Å²) in [6.07, 6.45) is 0.930. The molecule has 0 saturated heterocycles. The lowest BCUT2D eigenvalue weighted by molar-refractivity contribution is 0.0951. The second-order valence-electron chi connectivity index (χ2n) is 8.08. The van der Waals surface area contributed by atoms with Crippen molar-refractivity contribution in [2.24, 2.45) is 5.92 Å². The summed E-state index contributed by atoms with van der Waals surface area (Å²) in [6.45, 7) is 9.14. The number of nitrogens with zero attached hydrogens (tertiary/aromatic N) is 2. The number of carbonyl (C=O) groups excluding carboxylic acids is 2. The summed E-state index contributed by atoms with van der Waals surface area (Å²) in [6, 6.07) is 12.7. The Morgan fingerprint density at radius 3 is 2.34 bits per heavy atom. The van der Waals surface area contributed by atoms with Crippen molar-refractivity contribution in [3.05, 3.63) is 69.2 Å². The molecule has 3 aromatic rings. The molecule has 168 valence electrons. The molecule has 1 heterocycles. The van der Waals surface area contributed by atoms with Gasteiger partial charge in [-0.15, -0.1) is 10.2 Å². The van der Waals surface area contributed by atoms with E-state index in [4.69, 9.17) is 4.74 Å². The molecule has 8 heteroatoms. The van der Waals surface area contributed by atoms with E-state index in [2.05, 4.69) is 40.7 Å². The molecule has 0 aliphatic rings. The second kappa shape index (κ2) is 10.9. The van der Waals surface area contributed by atoms with Crippen molar-refractivity contribution in [2.45, 2.75) is 40.7 Å². The van der Waals surface area contributed by atoms with Crippen molar-refractivity contribution < 1.29 is 14.3 Å². The number of benzene rings is 2. The van der Waals surface area contributed by atoms with E-state index in [1.54, 1.807) is 24.3 Å². The van der Waals surface area contributed by atoms with Gasteiger partial charge in [0.2, 0.25) is 5.01 Å². The Morgan fingerprint density at radius 2 is 1.69 bits per heavy atom. The van der Waals surface area contributed by atoms with Crippen molar-refractivity contribution >= 4 is 28.8 Å². The first kappa shape index (κ1) is 23.4. The first-order valence-electron chi connectivity index (χ1n) is 10.5. The van der Waals surface area contributed by atoms with Gasteiger partial charge in [0, 0.05) is 17.8 Å². The van der Waals surface area contributed by atoms with E-state index in [9.17, 15) is 9.59 Å². The van der Waals surface area contributed by atoms with Crippen LogP contribution >= 0.6 is 11.3 Å². The predicted molar refractivity (Wildman–Crippen MR) is 126 cm³/mol. The first-order chi connectivity index (χ1) is 15.3. The van der Waals surface area contributed by atoms with E-state index in [-0.39, 0.29) is 23.4 Å². The summed E-state index contributed by atoms with van der Waals surface area (Å²) in [5, 5.41) is 14.6. The van der Waals surface area contributed by atoms with E-state index in [0.717, 1.165) is 23.3 Å². The Labute approximate surface area is 192 Å². The van der Waals surface area contributed by atoms with Gasteiger partial charge in [0.15, 0.2) is 5.01 Å². The number of ether oxygens (including phenoxy) is 1. The fourth-order valence-electron chi connectivity index (χ4n) is 3.03. The molecular formula is C24H28N4O3S. The first-order valence-corrected chi connectivity index (χ1v) is 11.3. The number of carbonyl (C=O) groups is 2. The molecule has 0 atom stereocenters. The molecule has 3 rings (SSSR count). The molecule has 1 aromatic heterocycles. The van der Waals surface area contributed by atoms with Crippen LogP contribution in [0.1, 0.15) is 56.6 Å². The zero-order chi connectivity index (χ0) is 23.1. The highest BCUT2D eigenvalue weighted by Crippen LogP contribution is 2.19.